The highest BCUT2D eigenvalue weighted by atomic mass is 16.5. The number of hydrogen-bond acceptors (Lipinski definition) is 5. The van der Waals surface area contributed by atoms with Crippen molar-refractivity contribution in [3.8, 4) is 11.5 Å². The number of nitrogens with one attached hydrogen (secondary N) is 1. The number of aromatic nitrogens is 1. The van der Waals surface area contributed by atoms with Crippen molar-refractivity contribution in [3.05, 3.63) is 41.3 Å². The molecule has 1 heterocycles. The molecule has 94 valence electrons. The molecular formula is C12H12N2O4. The van der Waals surface area contributed by atoms with Crippen LogP contribution in [0.5, 0.6) is 11.5 Å². The summed E-state index contributed by atoms with van der Waals surface area (Å²) in [7, 11) is 0. The van der Waals surface area contributed by atoms with E-state index in [1.807, 2.05) is 0 Å². The summed E-state index contributed by atoms with van der Waals surface area (Å²) in [4.78, 5) is 11.7. The fourth-order valence-electron chi connectivity index (χ4n) is 1.43. The number of hydrogen-bond donors (Lipinski definition) is 3. The molecule has 1 amide bonds. The minimum Gasteiger partial charge on any atom is -0.504 e. The Morgan fingerprint density at radius 2 is 2.11 bits per heavy atom. The zero-order chi connectivity index (χ0) is 13.1. The van der Waals surface area contributed by atoms with Crippen LogP contribution in [-0.4, -0.2) is 21.3 Å². The third-order valence-electron chi connectivity index (χ3n) is 2.34. The third kappa shape index (κ3) is 2.60. The molecule has 1 aromatic carbocycles. The van der Waals surface area contributed by atoms with E-state index in [0.717, 1.165) is 5.69 Å². The first-order chi connectivity index (χ1) is 8.56. The molecule has 1 aromatic heterocycles. The van der Waals surface area contributed by atoms with E-state index < -0.39 is 0 Å². The van der Waals surface area contributed by atoms with Gasteiger partial charge >= 0.3 is 0 Å². The number of aryl methyl sites for hydroxylation is 1. The van der Waals surface area contributed by atoms with Crippen molar-refractivity contribution in [1.82, 2.24) is 10.5 Å². The number of phenolic OH excluding ortho intramolecular Hbond substituents is 2. The van der Waals surface area contributed by atoms with E-state index in [1.54, 1.807) is 13.0 Å². The van der Waals surface area contributed by atoms with Crippen molar-refractivity contribution in [2.45, 2.75) is 13.5 Å². The van der Waals surface area contributed by atoms with Crippen molar-refractivity contribution >= 4 is 5.91 Å². The van der Waals surface area contributed by atoms with Crippen LogP contribution in [0.4, 0.5) is 0 Å². The summed E-state index contributed by atoms with van der Waals surface area (Å²) in [6, 6.07) is 5.57. The molecule has 0 bridgehead atoms. The normalized spacial score (nSPS) is 10.3. The quantitative estimate of drug-likeness (QED) is 0.712. The van der Waals surface area contributed by atoms with Gasteiger partial charge in [0.05, 0.1) is 12.2 Å². The highest BCUT2D eigenvalue weighted by molar-refractivity contribution is 5.94. The Morgan fingerprint density at radius 3 is 2.72 bits per heavy atom. The van der Waals surface area contributed by atoms with Crippen molar-refractivity contribution in [2.75, 3.05) is 0 Å². The predicted octanol–water partition coefficient (Wildman–Crippen LogP) is 1.32. The second-order valence-corrected chi connectivity index (χ2v) is 3.82. The van der Waals surface area contributed by atoms with Gasteiger partial charge in [-0.15, -0.1) is 0 Å². The summed E-state index contributed by atoms with van der Waals surface area (Å²) < 4.78 is 4.94. The Balaban J connectivity index is 2.01. The molecule has 0 atom stereocenters. The fraction of sp³-hybridized carbons (Fsp3) is 0.167. The van der Waals surface area contributed by atoms with Gasteiger partial charge in [0.2, 0.25) is 0 Å². The van der Waals surface area contributed by atoms with Gasteiger partial charge in [-0.3, -0.25) is 4.79 Å². The van der Waals surface area contributed by atoms with Crippen LogP contribution in [0.3, 0.4) is 0 Å². The van der Waals surface area contributed by atoms with Crippen LogP contribution < -0.4 is 5.32 Å². The molecule has 0 saturated heterocycles. The second-order valence-electron chi connectivity index (χ2n) is 3.82. The third-order valence-corrected chi connectivity index (χ3v) is 2.34. The highest BCUT2D eigenvalue weighted by Crippen LogP contribution is 2.24. The lowest BCUT2D eigenvalue weighted by Gasteiger charge is -2.04. The average molecular weight is 248 g/mol. The number of carbonyl (C=O) groups excluding carboxylic acids is 1. The number of benzene rings is 1. The lowest BCUT2D eigenvalue weighted by Crippen LogP contribution is -2.22. The van der Waals surface area contributed by atoms with E-state index in [1.165, 1.54) is 18.2 Å². The first kappa shape index (κ1) is 12.0. The van der Waals surface area contributed by atoms with E-state index in [4.69, 9.17) is 9.63 Å². The molecule has 0 aliphatic heterocycles. The van der Waals surface area contributed by atoms with Crippen molar-refractivity contribution in [1.29, 1.82) is 0 Å². The number of aromatic hydroxyl groups is 2. The number of nitrogens with zero attached hydrogens (tertiary/aromatic N) is 1. The molecular weight excluding hydrogens is 236 g/mol. The number of phenols is 2. The zero-order valence-corrected chi connectivity index (χ0v) is 9.67. The standard InChI is InChI=1S/C12H12N2O4/c1-7-4-9(18-14-7)6-13-12(17)8-2-3-10(15)11(16)5-8/h2-5,15-16H,6H2,1H3,(H,13,17). The van der Waals surface area contributed by atoms with Gasteiger partial charge in [-0.25, -0.2) is 0 Å². The molecule has 0 unspecified atom stereocenters. The van der Waals surface area contributed by atoms with E-state index in [9.17, 15) is 9.90 Å². The van der Waals surface area contributed by atoms with Gasteiger partial charge in [-0.2, -0.15) is 0 Å². The molecule has 3 N–H and O–H groups in total. The van der Waals surface area contributed by atoms with Gasteiger partial charge in [-0.05, 0) is 25.1 Å². The maximum Gasteiger partial charge on any atom is 0.251 e. The lowest BCUT2D eigenvalue weighted by molar-refractivity contribution is 0.0946. The van der Waals surface area contributed by atoms with Crippen molar-refractivity contribution in [3.63, 3.8) is 0 Å². The van der Waals surface area contributed by atoms with Crippen LogP contribution in [0.15, 0.2) is 28.8 Å². The van der Waals surface area contributed by atoms with Gasteiger partial charge in [0.25, 0.3) is 5.91 Å². The maximum absolute atomic E-state index is 11.7. The Morgan fingerprint density at radius 1 is 1.33 bits per heavy atom. The van der Waals surface area contributed by atoms with Gasteiger partial charge in [-0.1, -0.05) is 5.16 Å². The molecule has 18 heavy (non-hydrogen) atoms. The number of carbonyl (C=O) groups is 1. The van der Waals surface area contributed by atoms with E-state index in [0.29, 0.717) is 5.76 Å². The molecule has 0 saturated carbocycles. The van der Waals surface area contributed by atoms with E-state index >= 15 is 0 Å². The Hall–Kier alpha value is -2.50. The molecule has 6 heteroatoms. The van der Waals surface area contributed by atoms with Crippen LogP contribution in [0.1, 0.15) is 21.8 Å². The molecule has 0 spiro atoms. The summed E-state index contributed by atoms with van der Waals surface area (Å²) >= 11 is 0. The summed E-state index contributed by atoms with van der Waals surface area (Å²) in [6.45, 7) is 1.99. The number of rotatable bonds is 3. The lowest BCUT2D eigenvalue weighted by atomic mass is 10.2. The monoisotopic (exact) mass is 248 g/mol. The summed E-state index contributed by atoms with van der Waals surface area (Å²) in [5.74, 6) is -0.432. The largest absolute Gasteiger partial charge is 0.504 e. The summed E-state index contributed by atoms with van der Waals surface area (Å²) in [5, 5.41) is 24.7. The van der Waals surface area contributed by atoms with Gasteiger partial charge in [0.1, 0.15) is 0 Å². The SMILES string of the molecule is Cc1cc(CNC(=O)c2ccc(O)c(O)c2)on1. The van der Waals surface area contributed by atoms with Crippen LogP contribution in [0.2, 0.25) is 0 Å². The number of amides is 1. The minimum absolute atomic E-state index is 0.210. The zero-order valence-electron chi connectivity index (χ0n) is 9.67. The van der Waals surface area contributed by atoms with Crippen LogP contribution in [0.25, 0.3) is 0 Å². The van der Waals surface area contributed by atoms with E-state index in [2.05, 4.69) is 10.5 Å². The van der Waals surface area contributed by atoms with Gasteiger partial charge in [0.15, 0.2) is 17.3 Å². The van der Waals surface area contributed by atoms with Crippen LogP contribution in [0, 0.1) is 6.92 Å². The predicted molar refractivity (Wildman–Crippen MR) is 62.2 cm³/mol. The second kappa shape index (κ2) is 4.79. The Labute approximate surface area is 103 Å². The average Bonchev–Trinajstić information content (AvgIpc) is 2.75. The molecule has 2 aromatic rings. The first-order valence-corrected chi connectivity index (χ1v) is 5.28. The maximum atomic E-state index is 11.7. The topological polar surface area (TPSA) is 95.6 Å². The van der Waals surface area contributed by atoms with Crippen LogP contribution in [-0.2, 0) is 6.54 Å². The van der Waals surface area contributed by atoms with Crippen molar-refractivity contribution in [2.24, 2.45) is 0 Å². The molecule has 0 aliphatic carbocycles. The summed E-state index contributed by atoms with van der Waals surface area (Å²) in [6.07, 6.45) is 0. The van der Waals surface area contributed by atoms with Crippen LogP contribution >= 0.6 is 0 Å². The Bertz CT molecular complexity index is 577. The highest BCUT2D eigenvalue weighted by Gasteiger charge is 2.09. The fourth-order valence-corrected chi connectivity index (χ4v) is 1.43. The summed E-state index contributed by atoms with van der Waals surface area (Å²) in [5.41, 5.74) is 0.989. The first-order valence-electron chi connectivity index (χ1n) is 5.28. The molecule has 6 nitrogen and oxygen atoms in total. The molecule has 0 fully saturated rings. The van der Waals surface area contributed by atoms with E-state index in [-0.39, 0.29) is 29.5 Å². The smallest absolute Gasteiger partial charge is 0.251 e. The molecule has 0 radical (unpaired) electrons. The van der Waals surface area contributed by atoms with Crippen molar-refractivity contribution < 1.29 is 19.5 Å². The Kier molecular flexibility index (Phi) is 3.18. The van der Waals surface area contributed by atoms with Gasteiger partial charge < -0.3 is 20.1 Å². The molecule has 0 aliphatic rings. The minimum atomic E-state index is -0.376. The van der Waals surface area contributed by atoms with Gasteiger partial charge in [0, 0.05) is 11.6 Å². The molecule has 2 rings (SSSR count).